The number of carbonyl (C=O) groups is 1. The van der Waals surface area contributed by atoms with E-state index >= 15 is 0 Å². The van der Waals surface area contributed by atoms with Crippen LogP contribution in [-0.4, -0.2) is 55.5 Å². The summed E-state index contributed by atoms with van der Waals surface area (Å²) in [7, 11) is 4.66. The van der Waals surface area contributed by atoms with Crippen molar-refractivity contribution in [2.45, 2.75) is 50.4 Å². The molecular weight excluding hydrogens is 322 g/mol. The molecule has 0 radical (unpaired) electrons. The smallest absolute Gasteiger partial charge is 0.323 e. The normalized spacial score (nSPS) is 29.1. The van der Waals surface area contributed by atoms with Crippen LogP contribution in [0.1, 0.15) is 31.2 Å². The van der Waals surface area contributed by atoms with Crippen LogP contribution in [-0.2, 0) is 16.1 Å². The molecule has 1 N–H and O–H groups in total. The van der Waals surface area contributed by atoms with Crippen molar-refractivity contribution in [1.29, 1.82) is 0 Å². The highest BCUT2D eigenvalue weighted by atomic mass is 16.5. The number of hydrogen-bond acceptors (Lipinski definition) is 6. The average Bonchev–Trinajstić information content (AvgIpc) is 2.98. The summed E-state index contributed by atoms with van der Waals surface area (Å²) < 4.78 is 15.7. The van der Waals surface area contributed by atoms with Crippen molar-refractivity contribution in [3.63, 3.8) is 0 Å². The lowest BCUT2D eigenvalue weighted by molar-refractivity contribution is -0.146. The highest BCUT2D eigenvalue weighted by molar-refractivity contribution is 5.76. The van der Waals surface area contributed by atoms with E-state index in [1.165, 1.54) is 7.11 Å². The van der Waals surface area contributed by atoms with E-state index in [4.69, 9.17) is 14.2 Å². The molecule has 138 valence electrons. The highest BCUT2D eigenvalue weighted by Crippen LogP contribution is 2.41. The topological polar surface area (TPSA) is 68.2 Å². The zero-order valence-corrected chi connectivity index (χ0v) is 15.1. The lowest BCUT2D eigenvalue weighted by Gasteiger charge is -2.35. The second-order valence-corrected chi connectivity index (χ2v) is 6.93. The Kier molecular flexibility index (Phi) is 5.49. The van der Waals surface area contributed by atoms with E-state index in [1.54, 1.807) is 14.2 Å². The molecule has 1 aromatic carbocycles. The number of benzene rings is 1. The van der Waals surface area contributed by atoms with E-state index in [1.807, 2.05) is 18.2 Å². The third kappa shape index (κ3) is 3.60. The van der Waals surface area contributed by atoms with E-state index in [2.05, 4.69) is 4.90 Å². The first-order chi connectivity index (χ1) is 12.1. The monoisotopic (exact) mass is 349 g/mol. The summed E-state index contributed by atoms with van der Waals surface area (Å²) in [6, 6.07) is 5.77. The van der Waals surface area contributed by atoms with Crippen molar-refractivity contribution in [3.05, 3.63) is 23.8 Å². The fourth-order valence-corrected chi connectivity index (χ4v) is 4.31. The molecule has 1 aliphatic carbocycles. The number of rotatable bonds is 5. The Bertz CT molecular complexity index is 620. The minimum atomic E-state index is -0.287. The van der Waals surface area contributed by atoms with Crippen molar-refractivity contribution in [2.75, 3.05) is 21.3 Å². The van der Waals surface area contributed by atoms with Gasteiger partial charge in [0, 0.05) is 12.6 Å². The highest BCUT2D eigenvalue weighted by Gasteiger charge is 2.47. The molecule has 0 amide bonds. The summed E-state index contributed by atoms with van der Waals surface area (Å²) in [5, 5.41) is 10.1. The molecule has 1 saturated carbocycles. The Balaban J connectivity index is 1.85. The second-order valence-electron chi connectivity index (χ2n) is 6.93. The Morgan fingerprint density at radius 3 is 2.60 bits per heavy atom. The number of methoxy groups -OCH3 is 3. The summed E-state index contributed by atoms with van der Waals surface area (Å²) in [6.45, 7) is 0.619. The SMILES string of the molecule is COC(=O)[C@@H]1C[C@H]2CC[C@H](O)C[C@H]2N1Cc1ccc(OC)c(OC)c1. The Hall–Kier alpha value is -1.79. The van der Waals surface area contributed by atoms with Crippen LogP contribution >= 0.6 is 0 Å². The standard InChI is InChI=1S/C19H27NO5/c1-23-17-7-4-12(8-18(17)24-2)11-20-15-10-14(21)6-5-13(15)9-16(20)19(22)25-3/h4,7-8,13-16,21H,5-6,9-11H2,1-3H3/t13-,14+,15-,16+/m1/s1. The number of likely N-dealkylation sites (tertiary alicyclic amines) is 1. The largest absolute Gasteiger partial charge is 0.493 e. The zero-order valence-electron chi connectivity index (χ0n) is 15.1. The summed E-state index contributed by atoms with van der Waals surface area (Å²) in [5.74, 6) is 1.61. The van der Waals surface area contributed by atoms with Crippen LogP contribution in [0.4, 0.5) is 0 Å². The van der Waals surface area contributed by atoms with Crippen molar-refractivity contribution < 1.29 is 24.1 Å². The number of aliphatic hydroxyl groups excluding tert-OH is 1. The average molecular weight is 349 g/mol. The van der Waals surface area contributed by atoms with Crippen molar-refractivity contribution >= 4 is 5.97 Å². The number of aliphatic hydroxyl groups is 1. The Labute approximate surface area is 148 Å². The minimum absolute atomic E-state index is 0.190. The number of ether oxygens (including phenoxy) is 3. The molecule has 0 bridgehead atoms. The van der Waals surface area contributed by atoms with E-state index in [-0.39, 0.29) is 24.2 Å². The quantitative estimate of drug-likeness (QED) is 0.820. The van der Waals surface area contributed by atoms with Gasteiger partial charge in [0.2, 0.25) is 0 Å². The zero-order chi connectivity index (χ0) is 18.0. The molecule has 6 nitrogen and oxygen atoms in total. The van der Waals surface area contributed by atoms with Crippen molar-refractivity contribution in [1.82, 2.24) is 4.90 Å². The van der Waals surface area contributed by atoms with Crippen LogP contribution in [0.2, 0.25) is 0 Å². The van der Waals surface area contributed by atoms with Crippen LogP contribution in [0.3, 0.4) is 0 Å². The first-order valence-electron chi connectivity index (χ1n) is 8.80. The molecule has 2 aliphatic rings. The lowest BCUT2D eigenvalue weighted by Crippen LogP contribution is -2.44. The number of carbonyl (C=O) groups excluding carboxylic acids is 1. The molecule has 6 heteroatoms. The fourth-order valence-electron chi connectivity index (χ4n) is 4.31. The molecule has 2 fully saturated rings. The van der Waals surface area contributed by atoms with Crippen molar-refractivity contribution in [3.8, 4) is 11.5 Å². The molecule has 4 atom stereocenters. The van der Waals surface area contributed by atoms with Crippen LogP contribution < -0.4 is 9.47 Å². The van der Waals surface area contributed by atoms with E-state index in [9.17, 15) is 9.90 Å². The number of esters is 1. The second kappa shape index (κ2) is 7.62. The molecule has 1 saturated heterocycles. The summed E-state index contributed by atoms with van der Waals surface area (Å²) in [5.41, 5.74) is 1.05. The number of nitrogens with zero attached hydrogens (tertiary/aromatic N) is 1. The predicted molar refractivity (Wildman–Crippen MR) is 92.6 cm³/mol. The third-order valence-corrected chi connectivity index (χ3v) is 5.57. The number of hydrogen-bond donors (Lipinski definition) is 1. The first kappa shape index (κ1) is 18.0. The van der Waals surface area contributed by atoms with Gasteiger partial charge in [0.15, 0.2) is 11.5 Å². The van der Waals surface area contributed by atoms with Gasteiger partial charge in [0.05, 0.1) is 27.4 Å². The van der Waals surface area contributed by atoms with Gasteiger partial charge in [-0.1, -0.05) is 6.07 Å². The minimum Gasteiger partial charge on any atom is -0.493 e. The van der Waals surface area contributed by atoms with Gasteiger partial charge < -0.3 is 19.3 Å². The number of fused-ring (bicyclic) bond motifs is 1. The predicted octanol–water partition coefficient (Wildman–Crippen LogP) is 1.98. The van der Waals surface area contributed by atoms with E-state index < -0.39 is 0 Å². The summed E-state index contributed by atoms with van der Waals surface area (Å²) in [4.78, 5) is 14.5. The van der Waals surface area contributed by atoms with Gasteiger partial charge in [-0.3, -0.25) is 9.69 Å². The molecule has 0 unspecified atom stereocenters. The molecule has 1 aliphatic heterocycles. The van der Waals surface area contributed by atoms with Gasteiger partial charge in [-0.25, -0.2) is 0 Å². The molecule has 1 aromatic rings. The van der Waals surface area contributed by atoms with Crippen molar-refractivity contribution in [2.24, 2.45) is 5.92 Å². The molecule has 25 heavy (non-hydrogen) atoms. The Morgan fingerprint density at radius 2 is 1.92 bits per heavy atom. The van der Waals surface area contributed by atoms with Gasteiger partial charge >= 0.3 is 5.97 Å². The van der Waals surface area contributed by atoms with Gasteiger partial charge in [0.1, 0.15) is 6.04 Å². The lowest BCUT2D eigenvalue weighted by atomic mass is 9.83. The summed E-state index contributed by atoms with van der Waals surface area (Å²) in [6.07, 6.45) is 3.01. The molecule has 0 spiro atoms. The molecule has 0 aromatic heterocycles. The van der Waals surface area contributed by atoms with Crippen LogP contribution in [0.15, 0.2) is 18.2 Å². The van der Waals surface area contributed by atoms with Crippen LogP contribution in [0, 0.1) is 5.92 Å². The van der Waals surface area contributed by atoms with Crippen LogP contribution in [0.25, 0.3) is 0 Å². The van der Waals surface area contributed by atoms with Gasteiger partial charge in [-0.2, -0.15) is 0 Å². The van der Waals surface area contributed by atoms with Crippen LogP contribution in [0.5, 0.6) is 11.5 Å². The van der Waals surface area contributed by atoms with Gasteiger partial charge in [-0.15, -0.1) is 0 Å². The molecule has 1 heterocycles. The third-order valence-electron chi connectivity index (χ3n) is 5.57. The van der Waals surface area contributed by atoms with Gasteiger partial charge in [-0.05, 0) is 49.3 Å². The van der Waals surface area contributed by atoms with E-state index in [0.29, 0.717) is 30.4 Å². The van der Waals surface area contributed by atoms with Gasteiger partial charge in [0.25, 0.3) is 0 Å². The maximum Gasteiger partial charge on any atom is 0.323 e. The maximum atomic E-state index is 12.3. The first-order valence-corrected chi connectivity index (χ1v) is 8.80. The maximum absolute atomic E-state index is 12.3. The molecule has 3 rings (SSSR count). The summed E-state index contributed by atoms with van der Waals surface area (Å²) >= 11 is 0. The molecular formula is C19H27NO5. The van der Waals surface area contributed by atoms with E-state index in [0.717, 1.165) is 24.8 Å². The fraction of sp³-hybridized carbons (Fsp3) is 0.632. The Morgan fingerprint density at radius 1 is 1.16 bits per heavy atom.